The summed E-state index contributed by atoms with van der Waals surface area (Å²) in [6.07, 6.45) is 2.29. The summed E-state index contributed by atoms with van der Waals surface area (Å²) in [7, 11) is 0. The van der Waals surface area contributed by atoms with Gasteiger partial charge in [-0.15, -0.1) is 0 Å². The number of thiol groups is 2. The van der Waals surface area contributed by atoms with E-state index in [9.17, 15) is 77.6 Å². The molecule has 0 fully saturated rings. The number of primary amides is 1. The van der Waals surface area contributed by atoms with Crippen molar-refractivity contribution in [3.63, 3.8) is 0 Å². The van der Waals surface area contributed by atoms with Crippen molar-refractivity contribution in [3.8, 4) is 0 Å². The number of carbonyl (C=O) groups excluding carboxylic acids is 12. The van der Waals surface area contributed by atoms with E-state index in [-0.39, 0.29) is 75.0 Å². The molecular formula is C51H89N19O16S2. The second-order valence-electron chi connectivity index (χ2n) is 21.1. The molecule has 1 aromatic rings. The van der Waals surface area contributed by atoms with E-state index in [1.54, 1.807) is 13.8 Å². The molecule has 0 saturated heterocycles. The van der Waals surface area contributed by atoms with Gasteiger partial charge < -0.3 is 107 Å². The van der Waals surface area contributed by atoms with E-state index in [4.69, 9.17) is 28.7 Å². The summed E-state index contributed by atoms with van der Waals surface area (Å²) in [5.41, 5.74) is 27.6. The highest BCUT2D eigenvalue weighted by Crippen LogP contribution is 2.12. The molecule has 25 N–H and O–H groups in total. The van der Waals surface area contributed by atoms with Gasteiger partial charge in [-0.1, -0.05) is 27.7 Å². The van der Waals surface area contributed by atoms with Gasteiger partial charge in [0.05, 0.1) is 32.1 Å². The SMILES string of the molecule is CC(C)C[C@H](NC(=O)[C@H](CCC(N)=O)NC(=O)[C@H](CCCCN)NC(=O)[C@H](CS)NC(=O)[C@H](C)N)C(=O)N[C@@H](Cc1cnc[nH]1)C(=O)N[C@@H](CO)C(=O)N[C@H](C(=O)N[C@@H](CO)C(=O)NCC(=O)N[C@@H](CS)C(=O)N[C@@H](CCCN=C(N)N)C(=O)O)C(C)C. The zero-order chi connectivity index (χ0) is 66.8. The Bertz CT molecular complexity index is 2520. The van der Waals surface area contributed by atoms with Gasteiger partial charge >= 0.3 is 5.97 Å². The van der Waals surface area contributed by atoms with Crippen molar-refractivity contribution >= 4 is 108 Å². The summed E-state index contributed by atoms with van der Waals surface area (Å²) in [5.74, 6) is -14.5. The maximum Gasteiger partial charge on any atom is 0.326 e. The largest absolute Gasteiger partial charge is 0.480 e. The smallest absolute Gasteiger partial charge is 0.326 e. The van der Waals surface area contributed by atoms with Crippen LogP contribution in [0, 0.1) is 11.8 Å². The summed E-state index contributed by atoms with van der Waals surface area (Å²) < 4.78 is 0. The molecule has 0 bridgehead atoms. The molecule has 0 aliphatic heterocycles. The van der Waals surface area contributed by atoms with Gasteiger partial charge in [0.1, 0.15) is 60.4 Å². The molecule has 12 amide bonds. The minimum Gasteiger partial charge on any atom is -0.480 e. The molecule has 0 spiro atoms. The molecular weight excluding hydrogens is 1200 g/mol. The normalized spacial score (nSPS) is 14.8. The first-order chi connectivity index (χ1) is 41.4. The van der Waals surface area contributed by atoms with Gasteiger partial charge in [0.15, 0.2) is 5.96 Å². The molecule has 0 aromatic carbocycles. The minimum absolute atomic E-state index is 0.0136. The predicted molar refractivity (Wildman–Crippen MR) is 323 cm³/mol. The molecule has 0 radical (unpaired) electrons. The molecule has 0 unspecified atom stereocenters. The third-order valence-electron chi connectivity index (χ3n) is 12.8. The van der Waals surface area contributed by atoms with Crippen LogP contribution in [0.25, 0.3) is 0 Å². The predicted octanol–water partition coefficient (Wildman–Crippen LogP) is -8.66. The van der Waals surface area contributed by atoms with E-state index in [1.165, 1.54) is 33.3 Å². The number of aliphatic imine (C=N–C) groups is 1. The Morgan fingerprint density at radius 2 is 1.03 bits per heavy atom. The second kappa shape index (κ2) is 41.3. The van der Waals surface area contributed by atoms with Crippen molar-refractivity contribution < 1.29 is 77.6 Å². The number of rotatable bonds is 43. The van der Waals surface area contributed by atoms with Gasteiger partial charge in [-0.2, -0.15) is 25.3 Å². The van der Waals surface area contributed by atoms with E-state index in [1.807, 2.05) is 0 Å². The number of aliphatic carboxylic acids is 1. The molecule has 88 heavy (non-hydrogen) atoms. The fourth-order valence-electron chi connectivity index (χ4n) is 7.91. The molecule has 0 aliphatic carbocycles. The Morgan fingerprint density at radius 1 is 0.568 bits per heavy atom. The summed E-state index contributed by atoms with van der Waals surface area (Å²) in [6.45, 7) is 5.21. The summed E-state index contributed by atoms with van der Waals surface area (Å²) in [6, 6.07) is -15.9. The van der Waals surface area contributed by atoms with Crippen molar-refractivity contribution in [2.75, 3.05) is 44.4 Å². The number of nitrogens with zero attached hydrogens (tertiary/aromatic N) is 2. The molecule has 35 nitrogen and oxygen atoms in total. The topological polar surface area (TPSA) is 586 Å². The van der Waals surface area contributed by atoms with Crippen LogP contribution in [0.5, 0.6) is 0 Å². The van der Waals surface area contributed by atoms with Crippen molar-refractivity contribution in [2.24, 2.45) is 45.5 Å². The van der Waals surface area contributed by atoms with Crippen LogP contribution in [0.15, 0.2) is 17.5 Å². The molecule has 11 atom stereocenters. The number of carbonyl (C=O) groups is 13. The highest BCUT2D eigenvalue weighted by atomic mass is 32.1. The number of carboxylic acids is 1. The molecule has 496 valence electrons. The third-order valence-corrected chi connectivity index (χ3v) is 13.5. The number of carboxylic acid groups (broad SMARTS) is 1. The summed E-state index contributed by atoms with van der Waals surface area (Å²) in [4.78, 5) is 182. The lowest BCUT2D eigenvalue weighted by molar-refractivity contribution is -0.142. The molecule has 1 rings (SSSR count). The molecule has 0 aliphatic rings. The maximum atomic E-state index is 14.3. The van der Waals surface area contributed by atoms with Crippen molar-refractivity contribution in [1.82, 2.24) is 68.5 Å². The van der Waals surface area contributed by atoms with Gasteiger partial charge in [0.2, 0.25) is 70.9 Å². The Hall–Kier alpha value is -7.87. The highest BCUT2D eigenvalue weighted by Gasteiger charge is 2.36. The Morgan fingerprint density at radius 3 is 1.53 bits per heavy atom. The van der Waals surface area contributed by atoms with E-state index < -0.39 is 175 Å². The van der Waals surface area contributed by atoms with Gasteiger partial charge in [-0.05, 0) is 70.3 Å². The Kier molecular flexibility index (Phi) is 36.7. The van der Waals surface area contributed by atoms with Crippen LogP contribution in [0.2, 0.25) is 0 Å². The highest BCUT2D eigenvalue weighted by molar-refractivity contribution is 7.80. The molecule has 0 saturated carbocycles. The van der Waals surface area contributed by atoms with Crippen molar-refractivity contribution in [3.05, 3.63) is 18.2 Å². The number of imidazole rings is 1. The summed E-state index contributed by atoms with van der Waals surface area (Å²) >= 11 is 8.18. The number of hydrogen-bond donors (Lipinski definition) is 22. The standard InChI is InChI=1S/C51H89N19O16S2/c1-24(2)15-31(65-43(78)29(11-12-37(54)73)63-42(77)28(9-6-7-13-52)62-48(83)36(22-88)69-40(75)26(5)53)44(79)66-32(16-27-17-57-23-60-27)45(80)67-34(20-72)46(81)70-39(25(3)4)49(84)68-33(19-71)41(76)59-18-38(74)61-35(21-87)47(82)64-30(50(85)86)10-8-14-58-51(55)56/h17,23-26,28-36,39,71-72,87-88H,6-16,18-22,52-53H2,1-5H3,(H2,54,73)(H,57,60)(H,59,76)(H,61,74)(H,62,83)(H,63,77)(H,64,82)(H,65,78)(H,66,79)(H,67,80)(H,68,84)(H,69,75)(H,70,81)(H,85,86)(H4,55,56,58)/t26-,28-,29-,30-,31-,32-,33-,34-,35-,36-,39-/m0/s1. The van der Waals surface area contributed by atoms with E-state index in [0.717, 1.165) is 0 Å². The number of nitrogens with two attached hydrogens (primary N) is 5. The van der Waals surface area contributed by atoms with Crippen molar-refractivity contribution in [2.45, 2.75) is 159 Å². The Balaban J connectivity index is 3.31. The van der Waals surface area contributed by atoms with Crippen LogP contribution in [0.4, 0.5) is 0 Å². The fourth-order valence-corrected chi connectivity index (χ4v) is 8.42. The number of amides is 12. The number of aromatic amines is 1. The third kappa shape index (κ3) is 29.7. The van der Waals surface area contributed by atoms with Crippen LogP contribution >= 0.6 is 25.3 Å². The van der Waals surface area contributed by atoms with Crippen LogP contribution in [0.1, 0.15) is 91.7 Å². The lowest BCUT2D eigenvalue weighted by Gasteiger charge is -2.28. The number of aliphatic hydroxyl groups is 2. The van der Waals surface area contributed by atoms with E-state index in [0.29, 0.717) is 18.5 Å². The number of guanidine groups is 1. The number of nitrogens with one attached hydrogen (secondary N) is 12. The molecule has 1 heterocycles. The molecule has 1 aromatic heterocycles. The van der Waals surface area contributed by atoms with E-state index in [2.05, 4.69) is 98.7 Å². The number of aliphatic hydroxyl groups excluding tert-OH is 2. The lowest BCUT2D eigenvalue weighted by Crippen LogP contribution is -2.62. The number of hydrogen-bond acceptors (Lipinski definition) is 21. The first kappa shape index (κ1) is 78.1. The van der Waals surface area contributed by atoms with E-state index >= 15 is 0 Å². The Labute approximate surface area is 519 Å². The molecule has 37 heteroatoms. The van der Waals surface area contributed by atoms with Gasteiger partial charge in [0, 0.05) is 42.8 Å². The first-order valence-corrected chi connectivity index (χ1v) is 29.4. The van der Waals surface area contributed by atoms with Crippen LogP contribution in [0.3, 0.4) is 0 Å². The van der Waals surface area contributed by atoms with Gasteiger partial charge in [-0.25, -0.2) is 9.78 Å². The van der Waals surface area contributed by atoms with Gasteiger partial charge in [0.25, 0.3) is 0 Å². The number of aromatic nitrogens is 2. The quantitative estimate of drug-likeness (QED) is 0.0125. The lowest BCUT2D eigenvalue weighted by atomic mass is 10.0. The maximum absolute atomic E-state index is 14.3. The van der Waals surface area contributed by atoms with Crippen LogP contribution in [-0.4, -0.2) is 219 Å². The average molecular weight is 1290 g/mol. The van der Waals surface area contributed by atoms with Crippen LogP contribution in [-0.2, 0) is 68.7 Å². The first-order valence-electron chi connectivity index (χ1n) is 28.2. The van der Waals surface area contributed by atoms with Crippen molar-refractivity contribution in [1.29, 1.82) is 0 Å². The fraction of sp³-hybridized carbons (Fsp3) is 0.667. The number of unbranched alkanes of at least 4 members (excludes halogenated alkanes) is 1. The van der Waals surface area contributed by atoms with Crippen LogP contribution < -0.4 is 87.2 Å². The second-order valence-corrected chi connectivity index (χ2v) is 21.8. The number of H-pyrrole nitrogens is 1. The zero-order valence-corrected chi connectivity index (χ0v) is 51.6. The zero-order valence-electron chi connectivity index (χ0n) is 49.8. The van der Waals surface area contributed by atoms with Gasteiger partial charge in [-0.3, -0.25) is 62.5 Å². The minimum atomic E-state index is -1.81. The average Bonchev–Trinajstić information content (AvgIpc) is 2.33. The monoisotopic (exact) mass is 1290 g/mol. The summed E-state index contributed by atoms with van der Waals surface area (Å²) in [5, 5.41) is 56.4.